The predicted octanol–water partition coefficient (Wildman–Crippen LogP) is 3.32. The van der Waals surface area contributed by atoms with Gasteiger partial charge in [0.15, 0.2) is 16.5 Å². The molecule has 25 heavy (non-hydrogen) atoms. The molecule has 0 saturated carbocycles. The van der Waals surface area contributed by atoms with Crippen molar-refractivity contribution >= 4 is 49.3 Å². The van der Waals surface area contributed by atoms with Gasteiger partial charge in [-0.1, -0.05) is 39.4 Å². The van der Waals surface area contributed by atoms with Crippen molar-refractivity contribution in [3.05, 3.63) is 61.3 Å². The van der Waals surface area contributed by atoms with Gasteiger partial charge >= 0.3 is 0 Å². The van der Waals surface area contributed by atoms with E-state index in [0.29, 0.717) is 26.3 Å². The molecule has 0 aliphatic rings. The number of thiazole rings is 1. The number of hydrogen-bond donors (Lipinski definition) is 1. The number of fused-ring (bicyclic) bond motifs is 3. The number of para-hydroxylation sites is 2. The fourth-order valence-electron chi connectivity index (χ4n) is 2.69. The van der Waals surface area contributed by atoms with Gasteiger partial charge in [-0.25, -0.2) is 9.38 Å². The van der Waals surface area contributed by atoms with Crippen LogP contribution in [0.15, 0.2) is 45.7 Å². The Bertz CT molecular complexity index is 1210. The van der Waals surface area contributed by atoms with Gasteiger partial charge in [0.05, 0.1) is 22.2 Å². The molecule has 0 fully saturated rings. The number of rotatable bonds is 3. The molecule has 0 saturated heterocycles. The summed E-state index contributed by atoms with van der Waals surface area (Å²) in [5.74, 6) is 0.441. The van der Waals surface area contributed by atoms with Gasteiger partial charge in [-0.05, 0) is 42.8 Å². The average Bonchev–Trinajstić information content (AvgIpc) is 3.09. The number of halogens is 1. The van der Waals surface area contributed by atoms with Gasteiger partial charge in [0.2, 0.25) is 0 Å². The second kappa shape index (κ2) is 6.16. The fraction of sp³-hybridized carbons (Fsp3) is 0.111. The van der Waals surface area contributed by atoms with E-state index < -0.39 is 0 Å². The molecule has 0 aliphatic heterocycles. The Balaban J connectivity index is 1.94. The average molecular weight is 417 g/mol. The van der Waals surface area contributed by atoms with Crippen LogP contribution in [0, 0.1) is 0 Å². The third kappa shape index (κ3) is 2.69. The molecule has 0 aliphatic carbocycles. The standard InChI is InChI=1S/C18H13BrN2O3S/c1-2-24-15-7-10(11(19)9-14(15)22)8-16-17(23)21-13-6-4-3-5-12(13)20-18(21)25-16/h3-9,22H,2H2,1H3. The number of nitrogens with zero attached hydrogens (tertiary/aromatic N) is 2. The van der Waals surface area contributed by atoms with E-state index in [9.17, 15) is 9.90 Å². The lowest BCUT2D eigenvalue weighted by molar-refractivity contribution is 0.318. The van der Waals surface area contributed by atoms with Gasteiger partial charge in [0.25, 0.3) is 5.56 Å². The minimum Gasteiger partial charge on any atom is -0.504 e. The zero-order valence-corrected chi connectivity index (χ0v) is 15.6. The Morgan fingerprint density at radius 2 is 2.16 bits per heavy atom. The molecule has 4 aromatic rings. The Labute approximate surface area is 154 Å². The molecular weight excluding hydrogens is 404 g/mol. The lowest BCUT2D eigenvalue weighted by atomic mass is 10.2. The number of phenolic OH excluding ortho intramolecular Hbond substituents is 1. The first-order valence-electron chi connectivity index (χ1n) is 7.65. The maximum Gasteiger partial charge on any atom is 0.274 e. The van der Waals surface area contributed by atoms with E-state index in [2.05, 4.69) is 20.9 Å². The van der Waals surface area contributed by atoms with Crippen LogP contribution in [0.2, 0.25) is 0 Å². The molecule has 5 nitrogen and oxygen atoms in total. The summed E-state index contributed by atoms with van der Waals surface area (Å²) in [5.41, 5.74) is 2.26. The lowest BCUT2D eigenvalue weighted by Gasteiger charge is -2.08. The van der Waals surface area contributed by atoms with Crippen molar-refractivity contribution in [2.24, 2.45) is 0 Å². The first-order chi connectivity index (χ1) is 12.1. The molecule has 2 heterocycles. The summed E-state index contributed by atoms with van der Waals surface area (Å²) in [6, 6.07) is 10.8. The van der Waals surface area contributed by atoms with Crippen molar-refractivity contribution in [3.8, 4) is 11.5 Å². The minimum atomic E-state index is -0.105. The van der Waals surface area contributed by atoms with Gasteiger partial charge in [-0.2, -0.15) is 0 Å². The van der Waals surface area contributed by atoms with Gasteiger partial charge in [-0.15, -0.1) is 0 Å². The largest absolute Gasteiger partial charge is 0.504 e. The molecule has 0 unspecified atom stereocenters. The van der Waals surface area contributed by atoms with Gasteiger partial charge in [-0.3, -0.25) is 4.79 Å². The SMILES string of the molecule is CCOc1cc(C=c2sc3nc4ccccc4n3c2=O)c(Br)cc1O. The highest BCUT2D eigenvalue weighted by molar-refractivity contribution is 9.10. The monoisotopic (exact) mass is 416 g/mol. The van der Waals surface area contributed by atoms with Crippen molar-refractivity contribution in [3.63, 3.8) is 0 Å². The molecule has 0 radical (unpaired) electrons. The Hall–Kier alpha value is -2.38. The Morgan fingerprint density at radius 3 is 2.96 bits per heavy atom. The van der Waals surface area contributed by atoms with E-state index in [4.69, 9.17) is 4.74 Å². The highest BCUT2D eigenvalue weighted by atomic mass is 79.9. The lowest BCUT2D eigenvalue weighted by Crippen LogP contribution is -2.22. The van der Waals surface area contributed by atoms with Crippen molar-refractivity contribution in [1.82, 2.24) is 9.38 Å². The summed E-state index contributed by atoms with van der Waals surface area (Å²) >= 11 is 4.76. The van der Waals surface area contributed by atoms with Crippen LogP contribution in [0.4, 0.5) is 0 Å². The van der Waals surface area contributed by atoms with Crippen molar-refractivity contribution in [1.29, 1.82) is 0 Å². The molecule has 7 heteroatoms. The Kier molecular flexibility index (Phi) is 3.97. The predicted molar refractivity (Wildman–Crippen MR) is 103 cm³/mol. The summed E-state index contributed by atoms with van der Waals surface area (Å²) < 4.78 is 8.30. The van der Waals surface area contributed by atoms with Crippen LogP contribution in [0.25, 0.3) is 22.1 Å². The van der Waals surface area contributed by atoms with Crippen molar-refractivity contribution in [2.75, 3.05) is 6.61 Å². The first kappa shape index (κ1) is 16.1. The van der Waals surface area contributed by atoms with Crippen LogP contribution >= 0.6 is 27.3 Å². The molecule has 0 bridgehead atoms. The highest BCUT2D eigenvalue weighted by Crippen LogP contribution is 2.33. The summed E-state index contributed by atoms with van der Waals surface area (Å²) in [5, 5.41) is 9.93. The van der Waals surface area contributed by atoms with Gasteiger partial charge in [0.1, 0.15) is 0 Å². The van der Waals surface area contributed by atoms with Crippen molar-refractivity contribution in [2.45, 2.75) is 6.92 Å². The normalized spacial score (nSPS) is 12.3. The smallest absolute Gasteiger partial charge is 0.274 e. The Morgan fingerprint density at radius 1 is 1.36 bits per heavy atom. The number of ether oxygens (including phenoxy) is 1. The van der Waals surface area contributed by atoms with Crippen LogP contribution in [-0.2, 0) is 0 Å². The number of aromatic nitrogens is 2. The summed E-state index contributed by atoms with van der Waals surface area (Å²) in [6.07, 6.45) is 1.78. The molecule has 2 aromatic heterocycles. The van der Waals surface area contributed by atoms with Crippen molar-refractivity contribution < 1.29 is 9.84 Å². The zero-order valence-electron chi connectivity index (χ0n) is 13.2. The second-order valence-corrected chi connectivity index (χ2v) is 7.27. The fourth-order valence-corrected chi connectivity index (χ4v) is 4.12. The molecule has 0 atom stereocenters. The third-order valence-electron chi connectivity index (χ3n) is 3.81. The number of benzene rings is 2. The molecule has 126 valence electrons. The summed E-state index contributed by atoms with van der Waals surface area (Å²) in [6.45, 7) is 2.29. The molecule has 1 N–H and O–H groups in total. The number of imidazole rings is 1. The first-order valence-corrected chi connectivity index (χ1v) is 9.26. The van der Waals surface area contributed by atoms with Gasteiger partial charge < -0.3 is 9.84 Å². The van der Waals surface area contributed by atoms with E-state index in [-0.39, 0.29) is 11.3 Å². The van der Waals surface area contributed by atoms with E-state index in [0.717, 1.165) is 16.6 Å². The minimum absolute atomic E-state index is 0.0557. The molecule has 0 amide bonds. The topological polar surface area (TPSA) is 63.8 Å². The molecule has 4 rings (SSSR count). The van der Waals surface area contributed by atoms with Crippen LogP contribution in [0.5, 0.6) is 11.5 Å². The molecule has 0 spiro atoms. The molecule has 2 aromatic carbocycles. The van der Waals surface area contributed by atoms with E-state index >= 15 is 0 Å². The zero-order chi connectivity index (χ0) is 17.6. The van der Waals surface area contributed by atoms with Crippen LogP contribution in [-0.4, -0.2) is 21.1 Å². The number of hydrogen-bond acceptors (Lipinski definition) is 5. The van der Waals surface area contributed by atoms with Crippen LogP contribution in [0.1, 0.15) is 12.5 Å². The maximum absolute atomic E-state index is 12.8. The van der Waals surface area contributed by atoms with E-state index in [1.54, 1.807) is 22.6 Å². The summed E-state index contributed by atoms with van der Waals surface area (Å²) in [7, 11) is 0. The molecular formula is C18H13BrN2O3S. The van der Waals surface area contributed by atoms with Crippen LogP contribution < -0.4 is 14.8 Å². The number of aromatic hydroxyl groups is 1. The van der Waals surface area contributed by atoms with E-state index in [1.807, 2.05) is 31.2 Å². The highest BCUT2D eigenvalue weighted by Gasteiger charge is 2.12. The van der Waals surface area contributed by atoms with Crippen LogP contribution in [0.3, 0.4) is 0 Å². The quantitative estimate of drug-likeness (QED) is 0.556. The second-order valence-electron chi connectivity index (χ2n) is 5.41. The summed E-state index contributed by atoms with van der Waals surface area (Å²) in [4.78, 5) is 18.0. The van der Waals surface area contributed by atoms with E-state index in [1.165, 1.54) is 11.3 Å². The third-order valence-corrected chi connectivity index (χ3v) is 5.47. The van der Waals surface area contributed by atoms with Gasteiger partial charge in [0, 0.05) is 4.47 Å². The maximum atomic E-state index is 12.8. The number of phenols is 1.